The Hall–Kier alpha value is -1.82. The van der Waals surface area contributed by atoms with E-state index in [0.29, 0.717) is 12.1 Å². The molecule has 2 aliphatic rings. The lowest BCUT2D eigenvalue weighted by atomic mass is 9.91. The van der Waals surface area contributed by atoms with Crippen LogP contribution in [0, 0.1) is 0 Å². The molecule has 26 heavy (non-hydrogen) atoms. The highest BCUT2D eigenvalue weighted by Crippen LogP contribution is 2.31. The predicted octanol–water partition coefficient (Wildman–Crippen LogP) is 2.26. The summed E-state index contributed by atoms with van der Waals surface area (Å²) in [6, 6.07) is 11.4. The van der Waals surface area contributed by atoms with Crippen LogP contribution in [0.25, 0.3) is 0 Å². The normalized spacial score (nSPS) is 23.8. The van der Waals surface area contributed by atoms with Crippen LogP contribution in [-0.4, -0.2) is 59.0 Å². The fraction of sp³-hybridized carbons (Fsp3) is 0.524. The third-order valence-electron chi connectivity index (χ3n) is 5.66. The lowest BCUT2D eigenvalue weighted by molar-refractivity contribution is 0.137. The fourth-order valence-electron chi connectivity index (χ4n) is 4.37. The topological polar surface area (TPSA) is 44.3 Å². The first-order chi connectivity index (χ1) is 12.8. The maximum absolute atomic E-state index is 4.70. The van der Waals surface area contributed by atoms with Gasteiger partial charge in [0.25, 0.3) is 0 Å². The summed E-state index contributed by atoms with van der Waals surface area (Å²) in [7, 11) is 2.26. The van der Waals surface area contributed by atoms with Gasteiger partial charge in [0.1, 0.15) is 0 Å². The van der Waals surface area contributed by atoms with Crippen molar-refractivity contribution in [3.63, 3.8) is 0 Å². The zero-order chi connectivity index (χ0) is 17.8. The van der Waals surface area contributed by atoms with Gasteiger partial charge < -0.3 is 5.32 Å². The molecule has 1 saturated heterocycles. The molecule has 2 aromatic heterocycles. The molecule has 0 spiro atoms. The summed E-state index contributed by atoms with van der Waals surface area (Å²) in [6.45, 7) is 5.20. The summed E-state index contributed by atoms with van der Waals surface area (Å²) in [5.74, 6) is 0. The van der Waals surface area contributed by atoms with Gasteiger partial charge in [0, 0.05) is 51.2 Å². The maximum Gasteiger partial charge on any atom is 0.0607 e. The van der Waals surface area contributed by atoms with Crippen LogP contribution in [-0.2, 0) is 13.0 Å². The number of nitrogens with zero attached hydrogens (tertiary/aromatic N) is 4. The number of aryl methyl sites for hydroxylation is 1. The van der Waals surface area contributed by atoms with Crippen molar-refractivity contribution in [3.05, 3.63) is 59.7 Å². The Labute approximate surface area is 156 Å². The summed E-state index contributed by atoms with van der Waals surface area (Å²) in [4.78, 5) is 14.2. The van der Waals surface area contributed by atoms with Crippen molar-refractivity contribution in [3.8, 4) is 0 Å². The Morgan fingerprint density at radius 1 is 1.19 bits per heavy atom. The molecule has 0 bridgehead atoms. The summed E-state index contributed by atoms with van der Waals surface area (Å²) in [5, 5.41) is 3.70. The number of hydrogen-bond acceptors (Lipinski definition) is 5. The number of aromatic nitrogens is 2. The Balaban J connectivity index is 1.36. The van der Waals surface area contributed by atoms with Crippen LogP contribution in [0.1, 0.15) is 35.8 Å². The Kier molecular flexibility index (Phi) is 5.58. The lowest BCUT2D eigenvalue weighted by Crippen LogP contribution is -2.54. The number of piperazine rings is 1. The van der Waals surface area contributed by atoms with Crippen LogP contribution in [0.4, 0.5) is 0 Å². The third-order valence-corrected chi connectivity index (χ3v) is 5.66. The molecular weight excluding hydrogens is 322 g/mol. The van der Waals surface area contributed by atoms with Gasteiger partial charge in [-0.1, -0.05) is 12.1 Å². The summed E-state index contributed by atoms with van der Waals surface area (Å²) >= 11 is 0. The zero-order valence-electron chi connectivity index (χ0n) is 15.6. The average molecular weight is 351 g/mol. The van der Waals surface area contributed by atoms with E-state index in [1.807, 2.05) is 18.5 Å². The van der Waals surface area contributed by atoms with Crippen molar-refractivity contribution in [1.82, 2.24) is 25.1 Å². The molecule has 1 aliphatic heterocycles. The number of nitrogens with one attached hydrogen (secondary N) is 1. The molecule has 5 heteroatoms. The van der Waals surface area contributed by atoms with Crippen molar-refractivity contribution in [2.75, 3.05) is 33.2 Å². The molecule has 0 saturated carbocycles. The molecule has 0 aromatic carbocycles. The zero-order valence-corrected chi connectivity index (χ0v) is 15.6. The number of fused-ring (bicyclic) bond motifs is 1. The van der Waals surface area contributed by atoms with Crippen molar-refractivity contribution >= 4 is 0 Å². The molecule has 4 rings (SSSR count). The highest BCUT2D eigenvalue weighted by molar-refractivity contribution is 5.25. The van der Waals surface area contributed by atoms with Gasteiger partial charge in [-0.2, -0.15) is 0 Å². The monoisotopic (exact) mass is 351 g/mol. The molecule has 1 N–H and O–H groups in total. The van der Waals surface area contributed by atoms with Crippen LogP contribution in [0.3, 0.4) is 0 Å². The van der Waals surface area contributed by atoms with Crippen molar-refractivity contribution in [2.24, 2.45) is 0 Å². The standard InChI is InChI=1S/C21H29N5/c1-25(20-9-4-6-17-7-5-11-24-21(17)20)14-19-16-26(13-12-23-19)15-18-8-2-3-10-22-18/h2-3,5,7-8,10-11,19-20,23H,4,6,9,12-16H2,1H3/t19-,20-/m0/s1. The Bertz CT molecular complexity index is 705. The van der Waals surface area contributed by atoms with Crippen molar-refractivity contribution in [1.29, 1.82) is 0 Å². The van der Waals surface area contributed by atoms with Gasteiger partial charge >= 0.3 is 0 Å². The molecule has 0 unspecified atom stereocenters. The lowest BCUT2D eigenvalue weighted by Gasteiger charge is -2.38. The minimum absolute atomic E-state index is 0.452. The highest BCUT2D eigenvalue weighted by Gasteiger charge is 2.28. The summed E-state index contributed by atoms with van der Waals surface area (Å²) < 4.78 is 0. The van der Waals surface area contributed by atoms with E-state index >= 15 is 0 Å². The van der Waals surface area contributed by atoms with Crippen molar-refractivity contribution < 1.29 is 0 Å². The molecular formula is C21H29N5. The molecule has 138 valence electrons. The SMILES string of the molecule is CN(C[C@H]1CN(Cc2ccccn2)CCN1)[C@H]1CCCc2cccnc21. The smallest absolute Gasteiger partial charge is 0.0607 e. The van der Waals surface area contributed by atoms with E-state index in [-0.39, 0.29) is 0 Å². The van der Waals surface area contributed by atoms with Crippen LogP contribution in [0.5, 0.6) is 0 Å². The van der Waals surface area contributed by atoms with E-state index in [9.17, 15) is 0 Å². The minimum atomic E-state index is 0.452. The number of rotatable bonds is 5. The van der Waals surface area contributed by atoms with Gasteiger partial charge in [0.2, 0.25) is 0 Å². The van der Waals surface area contributed by atoms with E-state index < -0.39 is 0 Å². The van der Waals surface area contributed by atoms with E-state index in [0.717, 1.165) is 38.4 Å². The first kappa shape index (κ1) is 17.6. The molecule has 2 aromatic rings. The van der Waals surface area contributed by atoms with Gasteiger partial charge in [0.15, 0.2) is 0 Å². The molecule has 2 atom stereocenters. The van der Waals surface area contributed by atoms with Gasteiger partial charge in [-0.3, -0.25) is 19.8 Å². The molecule has 3 heterocycles. The number of hydrogen-bond donors (Lipinski definition) is 1. The first-order valence-corrected chi connectivity index (χ1v) is 9.79. The second kappa shape index (κ2) is 8.25. The fourth-order valence-corrected chi connectivity index (χ4v) is 4.37. The molecule has 1 aliphatic carbocycles. The van der Waals surface area contributed by atoms with Crippen LogP contribution >= 0.6 is 0 Å². The third kappa shape index (κ3) is 4.11. The first-order valence-electron chi connectivity index (χ1n) is 9.79. The largest absolute Gasteiger partial charge is 0.310 e. The minimum Gasteiger partial charge on any atom is -0.310 e. The van der Waals surface area contributed by atoms with E-state index in [1.54, 1.807) is 0 Å². The van der Waals surface area contributed by atoms with Crippen LogP contribution in [0.2, 0.25) is 0 Å². The second-order valence-corrected chi connectivity index (χ2v) is 7.60. The van der Waals surface area contributed by atoms with Gasteiger partial charge in [0.05, 0.1) is 17.4 Å². The number of likely N-dealkylation sites (N-methyl/N-ethyl adjacent to an activating group) is 1. The van der Waals surface area contributed by atoms with Crippen LogP contribution in [0.15, 0.2) is 42.7 Å². The van der Waals surface area contributed by atoms with E-state index in [1.165, 1.54) is 30.5 Å². The molecule has 0 amide bonds. The predicted molar refractivity (Wildman–Crippen MR) is 104 cm³/mol. The second-order valence-electron chi connectivity index (χ2n) is 7.60. The molecule has 0 radical (unpaired) electrons. The van der Waals surface area contributed by atoms with Gasteiger partial charge in [-0.05, 0) is 50.1 Å². The van der Waals surface area contributed by atoms with E-state index in [4.69, 9.17) is 4.98 Å². The summed E-state index contributed by atoms with van der Waals surface area (Å²) in [6.07, 6.45) is 7.48. The van der Waals surface area contributed by atoms with Gasteiger partial charge in [-0.15, -0.1) is 0 Å². The Morgan fingerprint density at radius 2 is 2.12 bits per heavy atom. The average Bonchev–Trinajstić information content (AvgIpc) is 2.68. The summed E-state index contributed by atoms with van der Waals surface area (Å²) in [5.41, 5.74) is 3.89. The maximum atomic E-state index is 4.70. The quantitative estimate of drug-likeness (QED) is 0.895. The van der Waals surface area contributed by atoms with Gasteiger partial charge in [-0.25, -0.2) is 0 Å². The van der Waals surface area contributed by atoms with E-state index in [2.05, 4.69) is 51.4 Å². The number of pyridine rings is 2. The molecule has 1 fully saturated rings. The van der Waals surface area contributed by atoms with Crippen molar-refractivity contribution in [2.45, 2.75) is 37.9 Å². The molecule has 5 nitrogen and oxygen atoms in total. The Morgan fingerprint density at radius 3 is 3.00 bits per heavy atom. The van der Waals surface area contributed by atoms with Crippen LogP contribution < -0.4 is 5.32 Å². The highest BCUT2D eigenvalue weighted by atomic mass is 15.2.